The Morgan fingerprint density at radius 2 is 1.76 bits per heavy atom. The summed E-state index contributed by atoms with van der Waals surface area (Å²) in [5.74, 6) is 3.15. The fourth-order valence-electron chi connectivity index (χ4n) is 5.26. The van der Waals surface area contributed by atoms with Gasteiger partial charge in [-0.1, -0.05) is 24.3 Å². The lowest BCUT2D eigenvalue weighted by atomic mass is 10.1. The van der Waals surface area contributed by atoms with Crippen molar-refractivity contribution < 1.29 is 13.9 Å². The molecule has 0 aliphatic carbocycles. The molecular weight excluding hydrogens is 518 g/mol. The van der Waals surface area contributed by atoms with Crippen molar-refractivity contribution in [3.05, 3.63) is 84.3 Å². The van der Waals surface area contributed by atoms with Crippen molar-refractivity contribution in [1.82, 2.24) is 24.5 Å². The molecule has 1 aliphatic heterocycles. The minimum Gasteiger partial charge on any atom is -0.493 e. The predicted octanol–water partition coefficient (Wildman–Crippen LogP) is 4.77. The SMILES string of the molecule is COc1ccc(CNc2ncc(CCCN3CCN(c4ccccc4)CC3)c3nc(-c4ccco4)nn23)cc1OC. The van der Waals surface area contributed by atoms with E-state index >= 15 is 0 Å². The Kier molecular flexibility index (Phi) is 7.99. The molecule has 41 heavy (non-hydrogen) atoms. The number of hydrogen-bond donors (Lipinski definition) is 1. The molecule has 0 saturated carbocycles. The molecule has 2 aromatic carbocycles. The second kappa shape index (κ2) is 12.3. The first-order valence-corrected chi connectivity index (χ1v) is 14.0. The Morgan fingerprint density at radius 3 is 2.51 bits per heavy atom. The maximum atomic E-state index is 5.59. The van der Waals surface area contributed by atoms with E-state index in [0.717, 1.165) is 62.3 Å². The van der Waals surface area contributed by atoms with Crippen molar-refractivity contribution in [2.75, 3.05) is 57.2 Å². The van der Waals surface area contributed by atoms with Crippen LogP contribution in [0.1, 0.15) is 17.5 Å². The van der Waals surface area contributed by atoms with Crippen molar-refractivity contribution in [2.24, 2.45) is 0 Å². The number of furan rings is 1. The summed E-state index contributed by atoms with van der Waals surface area (Å²) in [7, 11) is 3.26. The molecule has 1 fully saturated rings. The van der Waals surface area contributed by atoms with Gasteiger partial charge in [0.2, 0.25) is 11.8 Å². The van der Waals surface area contributed by atoms with Gasteiger partial charge >= 0.3 is 0 Å². The molecule has 1 aliphatic rings. The molecule has 0 radical (unpaired) electrons. The van der Waals surface area contributed by atoms with Crippen LogP contribution < -0.4 is 19.7 Å². The highest BCUT2D eigenvalue weighted by Gasteiger charge is 2.19. The number of aromatic nitrogens is 4. The number of anilines is 2. The van der Waals surface area contributed by atoms with E-state index in [1.807, 2.05) is 36.5 Å². The predicted molar refractivity (Wildman–Crippen MR) is 159 cm³/mol. The van der Waals surface area contributed by atoms with E-state index in [1.54, 1.807) is 25.0 Å². The molecule has 1 saturated heterocycles. The monoisotopic (exact) mass is 553 g/mol. The average Bonchev–Trinajstić information content (AvgIpc) is 3.72. The van der Waals surface area contributed by atoms with Gasteiger partial charge in [0.25, 0.3) is 0 Å². The smallest absolute Gasteiger partial charge is 0.226 e. The average molecular weight is 554 g/mol. The fourth-order valence-corrected chi connectivity index (χ4v) is 5.26. The number of ether oxygens (including phenoxy) is 2. The van der Waals surface area contributed by atoms with E-state index in [0.29, 0.717) is 35.6 Å². The summed E-state index contributed by atoms with van der Waals surface area (Å²) in [6, 6.07) is 20.2. The molecule has 0 unspecified atom stereocenters. The molecular formula is C31H35N7O3. The molecule has 1 N–H and O–H groups in total. The minimum atomic E-state index is 0.534. The zero-order valence-electron chi connectivity index (χ0n) is 23.5. The number of para-hydroxylation sites is 1. The van der Waals surface area contributed by atoms with Crippen LogP contribution in [0.15, 0.2) is 77.5 Å². The molecule has 0 atom stereocenters. The summed E-state index contributed by atoms with van der Waals surface area (Å²) in [5, 5.41) is 8.16. The largest absolute Gasteiger partial charge is 0.493 e. The van der Waals surface area contributed by atoms with Crippen LogP contribution in [0.2, 0.25) is 0 Å². The maximum absolute atomic E-state index is 5.59. The van der Waals surface area contributed by atoms with Crippen LogP contribution in [0.4, 0.5) is 11.6 Å². The van der Waals surface area contributed by atoms with Crippen LogP contribution in [0.3, 0.4) is 0 Å². The zero-order chi connectivity index (χ0) is 28.0. The second-order valence-corrected chi connectivity index (χ2v) is 10.1. The number of fused-ring (bicyclic) bond motifs is 1. The van der Waals surface area contributed by atoms with Gasteiger partial charge in [-0.05, 0) is 61.3 Å². The Hall–Kier alpha value is -4.57. The number of nitrogens with zero attached hydrogens (tertiary/aromatic N) is 6. The number of methoxy groups -OCH3 is 2. The third-order valence-electron chi connectivity index (χ3n) is 7.49. The van der Waals surface area contributed by atoms with Crippen molar-refractivity contribution in [3.8, 4) is 23.1 Å². The Morgan fingerprint density at radius 1 is 0.927 bits per heavy atom. The normalized spacial score (nSPS) is 14.0. The molecule has 5 aromatic rings. The highest BCUT2D eigenvalue weighted by molar-refractivity contribution is 5.58. The van der Waals surface area contributed by atoms with Crippen LogP contribution in [0.5, 0.6) is 11.5 Å². The lowest BCUT2D eigenvalue weighted by Gasteiger charge is -2.36. The van der Waals surface area contributed by atoms with Gasteiger partial charge in [0, 0.05) is 50.2 Å². The minimum absolute atomic E-state index is 0.534. The first-order valence-electron chi connectivity index (χ1n) is 14.0. The highest BCUT2D eigenvalue weighted by Crippen LogP contribution is 2.28. The van der Waals surface area contributed by atoms with E-state index in [9.17, 15) is 0 Å². The number of aryl methyl sites for hydroxylation is 1. The standard InChI is InChI=1S/C31H35N7O3/c1-39-26-13-12-23(20-28(26)40-2)21-32-31-33-22-24(30-34-29(35-38(30)31)27-11-7-19-41-27)8-6-14-36-15-17-37(18-16-36)25-9-4-3-5-10-25/h3-5,7,9-13,19-20,22H,6,8,14-18,21H2,1-2H3,(H,32,33). The van der Waals surface area contributed by atoms with Gasteiger partial charge in [-0.3, -0.25) is 4.90 Å². The number of nitrogens with one attached hydrogen (secondary N) is 1. The Labute approximate surface area is 239 Å². The molecule has 10 nitrogen and oxygen atoms in total. The van der Waals surface area contributed by atoms with Crippen LogP contribution in [-0.4, -0.2) is 71.4 Å². The van der Waals surface area contributed by atoms with Crippen molar-refractivity contribution in [3.63, 3.8) is 0 Å². The van der Waals surface area contributed by atoms with E-state index in [4.69, 9.17) is 29.0 Å². The molecule has 0 amide bonds. The van der Waals surface area contributed by atoms with Gasteiger partial charge in [-0.2, -0.15) is 4.52 Å². The quantitative estimate of drug-likeness (QED) is 0.248. The van der Waals surface area contributed by atoms with Crippen molar-refractivity contribution in [1.29, 1.82) is 0 Å². The van der Waals surface area contributed by atoms with E-state index in [1.165, 1.54) is 5.69 Å². The van der Waals surface area contributed by atoms with Gasteiger partial charge in [-0.15, -0.1) is 5.10 Å². The summed E-state index contributed by atoms with van der Waals surface area (Å²) < 4.78 is 18.2. The Balaban J connectivity index is 1.14. The summed E-state index contributed by atoms with van der Waals surface area (Å²) in [5.41, 5.74) is 4.19. The first kappa shape index (κ1) is 26.6. The van der Waals surface area contributed by atoms with E-state index in [-0.39, 0.29) is 0 Å². The van der Waals surface area contributed by atoms with Crippen LogP contribution >= 0.6 is 0 Å². The molecule has 0 bridgehead atoms. The lowest BCUT2D eigenvalue weighted by Crippen LogP contribution is -2.46. The first-order chi connectivity index (χ1) is 20.2. The third kappa shape index (κ3) is 5.97. The van der Waals surface area contributed by atoms with Gasteiger partial charge < -0.3 is 24.1 Å². The number of piperazine rings is 1. The lowest BCUT2D eigenvalue weighted by molar-refractivity contribution is 0.255. The van der Waals surface area contributed by atoms with Gasteiger partial charge in [-0.25, -0.2) is 9.97 Å². The highest BCUT2D eigenvalue weighted by atomic mass is 16.5. The molecule has 212 valence electrons. The summed E-state index contributed by atoms with van der Waals surface area (Å²) in [6.45, 7) is 5.80. The van der Waals surface area contributed by atoms with Crippen LogP contribution in [-0.2, 0) is 13.0 Å². The number of hydrogen-bond acceptors (Lipinski definition) is 9. The van der Waals surface area contributed by atoms with E-state index in [2.05, 4.69) is 45.4 Å². The second-order valence-electron chi connectivity index (χ2n) is 10.1. The molecule has 0 spiro atoms. The number of rotatable bonds is 11. The zero-order valence-corrected chi connectivity index (χ0v) is 23.5. The van der Waals surface area contributed by atoms with Crippen LogP contribution in [0.25, 0.3) is 17.2 Å². The van der Waals surface area contributed by atoms with Gasteiger partial charge in [0.1, 0.15) is 0 Å². The summed E-state index contributed by atoms with van der Waals surface area (Å²) >= 11 is 0. The molecule has 3 aromatic heterocycles. The maximum Gasteiger partial charge on any atom is 0.226 e. The Bertz CT molecular complexity index is 1560. The summed E-state index contributed by atoms with van der Waals surface area (Å²) in [4.78, 5) is 14.6. The fraction of sp³-hybridized carbons (Fsp3) is 0.323. The van der Waals surface area contributed by atoms with Crippen molar-refractivity contribution in [2.45, 2.75) is 19.4 Å². The van der Waals surface area contributed by atoms with Crippen LogP contribution in [0, 0.1) is 0 Å². The molecule has 4 heterocycles. The van der Waals surface area contributed by atoms with Gasteiger partial charge in [0.05, 0.1) is 20.5 Å². The number of benzene rings is 2. The third-order valence-corrected chi connectivity index (χ3v) is 7.49. The van der Waals surface area contributed by atoms with Crippen molar-refractivity contribution >= 4 is 17.3 Å². The molecule has 10 heteroatoms. The van der Waals surface area contributed by atoms with E-state index < -0.39 is 0 Å². The summed E-state index contributed by atoms with van der Waals surface area (Å²) in [6.07, 6.45) is 5.43. The molecule has 6 rings (SSSR count). The topological polar surface area (TPSA) is 93.2 Å². The van der Waals surface area contributed by atoms with Gasteiger partial charge in [0.15, 0.2) is 22.9 Å².